The summed E-state index contributed by atoms with van der Waals surface area (Å²) in [5.74, 6) is 0.204. The quantitative estimate of drug-likeness (QED) is 0.519. The van der Waals surface area contributed by atoms with Gasteiger partial charge in [0.1, 0.15) is 11.5 Å². The van der Waals surface area contributed by atoms with Crippen molar-refractivity contribution < 1.29 is 14.6 Å². The highest BCUT2D eigenvalue weighted by molar-refractivity contribution is 9.11. The van der Waals surface area contributed by atoms with Crippen LogP contribution in [-0.2, 0) is 4.79 Å². The molecular formula is C15H11Br2ClN2O3. The maximum Gasteiger partial charge on any atom is 0.277 e. The second-order valence-electron chi connectivity index (χ2n) is 4.36. The molecule has 2 N–H and O–H groups in total. The van der Waals surface area contributed by atoms with E-state index in [1.54, 1.807) is 30.3 Å². The van der Waals surface area contributed by atoms with E-state index in [1.807, 2.05) is 0 Å². The number of nitrogens with zero attached hydrogens (tertiary/aromatic N) is 1. The zero-order valence-electron chi connectivity index (χ0n) is 11.6. The first kappa shape index (κ1) is 17.8. The number of rotatable bonds is 5. The van der Waals surface area contributed by atoms with Gasteiger partial charge in [-0.05, 0) is 52.3 Å². The number of carbonyl (C=O) groups excluding carboxylic acids is 1. The molecule has 8 heteroatoms. The molecule has 1 amide bonds. The Morgan fingerprint density at radius 3 is 2.65 bits per heavy atom. The molecule has 0 aromatic heterocycles. The Balaban J connectivity index is 1.86. The SMILES string of the molecule is O=C(COc1ccc(Cl)cc1)N/N=C\c1cc(O)c(Br)cc1Br. The molecule has 120 valence electrons. The Morgan fingerprint density at radius 2 is 1.96 bits per heavy atom. The van der Waals surface area contributed by atoms with E-state index in [-0.39, 0.29) is 12.4 Å². The first-order chi connectivity index (χ1) is 11.0. The molecule has 0 aliphatic heterocycles. The highest BCUT2D eigenvalue weighted by Gasteiger charge is 2.05. The summed E-state index contributed by atoms with van der Waals surface area (Å²) in [4.78, 5) is 11.6. The second kappa shape index (κ2) is 8.33. The van der Waals surface area contributed by atoms with E-state index >= 15 is 0 Å². The lowest BCUT2D eigenvalue weighted by atomic mass is 10.2. The average molecular weight is 463 g/mol. The molecule has 23 heavy (non-hydrogen) atoms. The number of phenols is 1. The van der Waals surface area contributed by atoms with E-state index in [4.69, 9.17) is 16.3 Å². The maximum absolute atomic E-state index is 11.6. The van der Waals surface area contributed by atoms with E-state index in [1.165, 1.54) is 12.3 Å². The summed E-state index contributed by atoms with van der Waals surface area (Å²) in [6.45, 7) is -0.175. The lowest BCUT2D eigenvalue weighted by Gasteiger charge is -2.05. The van der Waals surface area contributed by atoms with Gasteiger partial charge >= 0.3 is 0 Å². The summed E-state index contributed by atoms with van der Waals surface area (Å²) in [5.41, 5.74) is 2.95. The molecule has 5 nitrogen and oxygen atoms in total. The normalized spacial score (nSPS) is 10.7. The van der Waals surface area contributed by atoms with Crippen LogP contribution in [0.5, 0.6) is 11.5 Å². The first-order valence-electron chi connectivity index (χ1n) is 6.34. The van der Waals surface area contributed by atoms with E-state index in [2.05, 4.69) is 42.4 Å². The molecule has 0 fully saturated rings. The summed E-state index contributed by atoms with van der Waals surface area (Å²) in [6.07, 6.45) is 1.41. The number of phenolic OH excluding ortho intramolecular Hbond substituents is 1. The third-order valence-electron chi connectivity index (χ3n) is 2.64. The van der Waals surface area contributed by atoms with Crippen LogP contribution in [0.4, 0.5) is 0 Å². The minimum absolute atomic E-state index is 0.0760. The van der Waals surface area contributed by atoms with Crippen molar-refractivity contribution in [3.63, 3.8) is 0 Å². The molecule has 0 spiro atoms. The van der Waals surface area contributed by atoms with Crippen molar-refractivity contribution in [1.82, 2.24) is 5.43 Å². The van der Waals surface area contributed by atoms with Crippen LogP contribution in [0, 0.1) is 0 Å². The molecule has 0 unspecified atom stereocenters. The van der Waals surface area contributed by atoms with Gasteiger partial charge in [-0.1, -0.05) is 27.5 Å². The molecular weight excluding hydrogens is 451 g/mol. The van der Waals surface area contributed by atoms with Gasteiger partial charge < -0.3 is 9.84 Å². The monoisotopic (exact) mass is 460 g/mol. The molecule has 0 aliphatic carbocycles. The third-order valence-corrected chi connectivity index (χ3v) is 4.22. The first-order valence-corrected chi connectivity index (χ1v) is 8.30. The number of ether oxygens (including phenoxy) is 1. The minimum atomic E-state index is -0.409. The molecule has 0 atom stereocenters. The largest absolute Gasteiger partial charge is 0.507 e. The average Bonchev–Trinajstić information content (AvgIpc) is 2.52. The lowest BCUT2D eigenvalue weighted by Crippen LogP contribution is -2.24. The number of hydrazone groups is 1. The van der Waals surface area contributed by atoms with Gasteiger partial charge in [0.2, 0.25) is 0 Å². The van der Waals surface area contributed by atoms with Crippen LogP contribution < -0.4 is 10.2 Å². The number of carbonyl (C=O) groups is 1. The van der Waals surface area contributed by atoms with Crippen LogP contribution in [0.1, 0.15) is 5.56 Å². The second-order valence-corrected chi connectivity index (χ2v) is 6.51. The number of hydrogen-bond donors (Lipinski definition) is 2. The molecule has 0 saturated carbocycles. The highest BCUT2D eigenvalue weighted by atomic mass is 79.9. The Bertz CT molecular complexity index is 736. The van der Waals surface area contributed by atoms with Gasteiger partial charge in [-0.2, -0.15) is 5.10 Å². The van der Waals surface area contributed by atoms with Gasteiger partial charge in [0.25, 0.3) is 5.91 Å². The van der Waals surface area contributed by atoms with Crippen molar-refractivity contribution >= 4 is 55.6 Å². The van der Waals surface area contributed by atoms with Crippen molar-refractivity contribution in [2.45, 2.75) is 0 Å². The van der Waals surface area contributed by atoms with E-state index in [9.17, 15) is 9.90 Å². The summed E-state index contributed by atoms with van der Waals surface area (Å²) < 4.78 is 6.56. The van der Waals surface area contributed by atoms with Crippen molar-refractivity contribution in [3.8, 4) is 11.5 Å². The molecule has 0 bridgehead atoms. The summed E-state index contributed by atoms with van der Waals surface area (Å²) in [7, 11) is 0. The van der Waals surface area contributed by atoms with Crippen molar-refractivity contribution in [2.75, 3.05) is 6.61 Å². The van der Waals surface area contributed by atoms with Crippen molar-refractivity contribution in [1.29, 1.82) is 0 Å². The van der Waals surface area contributed by atoms with Gasteiger partial charge in [0, 0.05) is 15.1 Å². The van der Waals surface area contributed by atoms with Gasteiger partial charge in [0.05, 0.1) is 10.7 Å². The minimum Gasteiger partial charge on any atom is -0.507 e. The van der Waals surface area contributed by atoms with Gasteiger partial charge in [-0.15, -0.1) is 0 Å². The Morgan fingerprint density at radius 1 is 1.26 bits per heavy atom. The van der Waals surface area contributed by atoms with E-state index < -0.39 is 5.91 Å². The van der Waals surface area contributed by atoms with Crippen LogP contribution in [0.25, 0.3) is 0 Å². The fraction of sp³-hybridized carbons (Fsp3) is 0.0667. The number of amides is 1. The standard InChI is InChI=1S/C15H11Br2ClN2O3/c16-12-6-13(17)14(21)5-9(12)7-19-20-15(22)8-23-11-3-1-10(18)2-4-11/h1-7,21H,8H2,(H,20,22)/b19-7-. The molecule has 2 aromatic rings. The summed E-state index contributed by atoms with van der Waals surface area (Å²) in [6, 6.07) is 9.87. The van der Waals surface area contributed by atoms with Crippen LogP contribution in [0.3, 0.4) is 0 Å². The predicted octanol–water partition coefficient (Wildman–Crippen LogP) is 4.10. The molecule has 0 aliphatic rings. The van der Waals surface area contributed by atoms with Gasteiger partial charge in [-0.3, -0.25) is 4.79 Å². The summed E-state index contributed by atoms with van der Waals surface area (Å²) in [5, 5.41) is 14.0. The van der Waals surface area contributed by atoms with Crippen LogP contribution in [0.15, 0.2) is 50.4 Å². The molecule has 0 saturated heterocycles. The number of aromatic hydroxyl groups is 1. The number of benzene rings is 2. The predicted molar refractivity (Wildman–Crippen MR) is 96.2 cm³/mol. The van der Waals surface area contributed by atoms with Crippen LogP contribution in [0.2, 0.25) is 5.02 Å². The van der Waals surface area contributed by atoms with Crippen LogP contribution >= 0.6 is 43.5 Å². The smallest absolute Gasteiger partial charge is 0.277 e. The highest BCUT2D eigenvalue weighted by Crippen LogP contribution is 2.29. The van der Waals surface area contributed by atoms with Crippen molar-refractivity contribution in [3.05, 3.63) is 55.9 Å². The summed E-state index contributed by atoms with van der Waals surface area (Å²) >= 11 is 12.3. The zero-order chi connectivity index (χ0) is 16.8. The fourth-order valence-electron chi connectivity index (χ4n) is 1.54. The van der Waals surface area contributed by atoms with E-state index in [0.717, 1.165) is 4.47 Å². The Labute approximate surface area is 154 Å². The Hall–Kier alpha value is -1.57. The third kappa shape index (κ3) is 5.53. The maximum atomic E-state index is 11.6. The molecule has 0 radical (unpaired) electrons. The number of halogens is 3. The molecule has 2 aromatic carbocycles. The fourth-order valence-corrected chi connectivity index (χ4v) is 2.76. The molecule has 2 rings (SSSR count). The number of nitrogens with one attached hydrogen (secondary N) is 1. The van der Waals surface area contributed by atoms with E-state index in [0.29, 0.717) is 20.8 Å². The van der Waals surface area contributed by atoms with Crippen LogP contribution in [-0.4, -0.2) is 23.8 Å². The van der Waals surface area contributed by atoms with Gasteiger partial charge in [0.15, 0.2) is 6.61 Å². The molecule has 0 heterocycles. The zero-order valence-corrected chi connectivity index (χ0v) is 15.5. The van der Waals surface area contributed by atoms with Gasteiger partial charge in [-0.25, -0.2) is 5.43 Å². The lowest BCUT2D eigenvalue weighted by molar-refractivity contribution is -0.123. The Kier molecular flexibility index (Phi) is 6.44. The van der Waals surface area contributed by atoms with Crippen molar-refractivity contribution in [2.24, 2.45) is 5.10 Å². The topological polar surface area (TPSA) is 70.9 Å². The number of hydrogen-bond acceptors (Lipinski definition) is 4.